The van der Waals surface area contributed by atoms with Crippen LogP contribution in [0, 0.1) is 11.3 Å². The normalized spacial score (nSPS) is 19.4. The Morgan fingerprint density at radius 1 is 1.06 bits per heavy atom. The van der Waals surface area contributed by atoms with Crippen LogP contribution < -0.4 is 10.9 Å². The summed E-state index contributed by atoms with van der Waals surface area (Å²) in [7, 11) is -3.79. The zero-order chi connectivity index (χ0) is 25.0. The summed E-state index contributed by atoms with van der Waals surface area (Å²) in [4.78, 5) is 38.5. The van der Waals surface area contributed by atoms with Crippen molar-refractivity contribution in [2.75, 3.05) is 13.1 Å². The maximum atomic E-state index is 13.1. The van der Waals surface area contributed by atoms with Crippen LogP contribution in [0.3, 0.4) is 0 Å². The third-order valence-electron chi connectivity index (χ3n) is 7.09. The third kappa shape index (κ3) is 3.83. The fraction of sp³-hybridized carbons (Fsp3) is 0.417. The number of hydrogen-bond acceptors (Lipinski definition) is 7. The molecule has 5 rings (SSSR count). The highest BCUT2D eigenvalue weighted by atomic mass is 32.2. The molecular formula is C24H24N4O6S. The molecule has 0 unspecified atom stereocenters. The second-order valence-electron chi connectivity index (χ2n) is 9.44. The number of fused-ring (bicyclic) bond motifs is 1. The Labute approximate surface area is 201 Å². The van der Waals surface area contributed by atoms with Crippen molar-refractivity contribution < 1.29 is 23.1 Å². The summed E-state index contributed by atoms with van der Waals surface area (Å²) < 4.78 is 25.9. The van der Waals surface area contributed by atoms with E-state index >= 15 is 0 Å². The Balaban J connectivity index is 1.30. The number of hydrogen-bond donors (Lipinski definition) is 2. The highest BCUT2D eigenvalue weighted by Crippen LogP contribution is 2.55. The molecule has 0 spiro atoms. The number of benzene rings is 1. The maximum Gasteiger partial charge on any atom is 0.270 e. The number of aliphatic hydroxyl groups is 1. The fourth-order valence-corrected chi connectivity index (χ4v) is 6.96. The van der Waals surface area contributed by atoms with Crippen molar-refractivity contribution in [3.05, 3.63) is 69.1 Å². The van der Waals surface area contributed by atoms with Gasteiger partial charge in [-0.3, -0.25) is 14.4 Å². The summed E-state index contributed by atoms with van der Waals surface area (Å²) in [6, 6.07) is 11.4. The van der Waals surface area contributed by atoms with Crippen LogP contribution >= 0.6 is 0 Å². The number of nitriles is 1. The van der Waals surface area contributed by atoms with E-state index in [1.165, 1.54) is 21.6 Å². The number of sulfone groups is 1. The van der Waals surface area contributed by atoms with Gasteiger partial charge in [0.15, 0.2) is 14.8 Å². The van der Waals surface area contributed by atoms with Crippen LogP contribution in [0.25, 0.3) is 0 Å². The predicted octanol–water partition coefficient (Wildman–Crippen LogP) is 0.536. The SMILES string of the molecule is N#Cc1ccc(CNC(=O)c2ccc3n(c2=O)CCN(CC2(S(=O)(=O)C4(O)CC4)CC2)C3=O)cc1. The molecule has 1 aliphatic heterocycles. The van der Waals surface area contributed by atoms with E-state index in [9.17, 15) is 27.9 Å². The summed E-state index contributed by atoms with van der Waals surface area (Å²) >= 11 is 0. The lowest BCUT2D eigenvalue weighted by Gasteiger charge is -2.33. The van der Waals surface area contributed by atoms with Gasteiger partial charge in [0.05, 0.1) is 16.4 Å². The first-order valence-electron chi connectivity index (χ1n) is 11.4. The van der Waals surface area contributed by atoms with E-state index in [0.717, 1.165) is 5.56 Å². The van der Waals surface area contributed by atoms with Gasteiger partial charge >= 0.3 is 0 Å². The van der Waals surface area contributed by atoms with Crippen molar-refractivity contribution in [3.8, 4) is 6.07 Å². The Hall–Kier alpha value is -3.49. The van der Waals surface area contributed by atoms with E-state index < -0.39 is 36.9 Å². The van der Waals surface area contributed by atoms with E-state index in [2.05, 4.69) is 5.32 Å². The first-order valence-corrected chi connectivity index (χ1v) is 12.9. The van der Waals surface area contributed by atoms with Gasteiger partial charge in [-0.15, -0.1) is 0 Å². The molecule has 2 saturated carbocycles. The molecule has 2 amide bonds. The van der Waals surface area contributed by atoms with Crippen LogP contribution in [0.4, 0.5) is 0 Å². The van der Waals surface area contributed by atoms with Crippen LogP contribution in [-0.2, 0) is 22.9 Å². The standard InChI is InChI=1S/C24H24N4O6S/c25-13-16-1-3-17(4-2-16)14-26-20(29)18-5-6-19-22(31)27(11-12-28(19)21(18)30)15-23(7-8-23)35(33,34)24(32)9-10-24/h1-6,32H,7-12,14-15H2,(H,26,29). The lowest BCUT2D eigenvalue weighted by atomic mass is 10.1. The predicted molar refractivity (Wildman–Crippen MR) is 124 cm³/mol. The van der Waals surface area contributed by atoms with E-state index in [0.29, 0.717) is 18.4 Å². The van der Waals surface area contributed by atoms with Crippen LogP contribution in [0.2, 0.25) is 0 Å². The second kappa shape index (κ2) is 8.03. The van der Waals surface area contributed by atoms with Crippen molar-refractivity contribution in [1.29, 1.82) is 5.26 Å². The van der Waals surface area contributed by atoms with Gasteiger partial charge in [0, 0.05) is 26.2 Å². The molecule has 2 fully saturated rings. The van der Waals surface area contributed by atoms with Gasteiger partial charge < -0.3 is 19.9 Å². The van der Waals surface area contributed by atoms with Gasteiger partial charge in [0.2, 0.25) is 0 Å². The number of nitrogens with one attached hydrogen (secondary N) is 1. The molecule has 11 heteroatoms. The number of carbonyl (C=O) groups excluding carboxylic acids is 2. The lowest BCUT2D eigenvalue weighted by molar-refractivity contribution is 0.0693. The van der Waals surface area contributed by atoms with Gasteiger partial charge in [-0.05, 0) is 55.5 Å². The number of amides is 2. The Morgan fingerprint density at radius 2 is 1.74 bits per heavy atom. The minimum atomic E-state index is -3.79. The van der Waals surface area contributed by atoms with Crippen molar-refractivity contribution in [1.82, 2.24) is 14.8 Å². The van der Waals surface area contributed by atoms with Crippen LogP contribution in [0.15, 0.2) is 41.2 Å². The zero-order valence-corrected chi connectivity index (χ0v) is 19.7. The van der Waals surface area contributed by atoms with Crippen molar-refractivity contribution in [3.63, 3.8) is 0 Å². The summed E-state index contributed by atoms with van der Waals surface area (Å²) in [5, 5.41) is 21.8. The number of aromatic nitrogens is 1. The molecule has 2 heterocycles. The summed E-state index contributed by atoms with van der Waals surface area (Å²) in [5.74, 6) is -1.05. The van der Waals surface area contributed by atoms with E-state index in [-0.39, 0.29) is 50.3 Å². The van der Waals surface area contributed by atoms with Crippen LogP contribution in [0.1, 0.15) is 57.7 Å². The van der Waals surface area contributed by atoms with Gasteiger partial charge in [0.1, 0.15) is 11.3 Å². The van der Waals surface area contributed by atoms with Crippen molar-refractivity contribution in [2.45, 2.75) is 48.5 Å². The zero-order valence-electron chi connectivity index (χ0n) is 18.9. The topological polar surface area (TPSA) is 150 Å². The number of rotatable bonds is 7. The molecular weight excluding hydrogens is 472 g/mol. The molecule has 0 saturated heterocycles. The molecule has 0 radical (unpaired) electrons. The smallest absolute Gasteiger partial charge is 0.270 e. The molecule has 0 bridgehead atoms. The van der Waals surface area contributed by atoms with Crippen LogP contribution in [-0.4, -0.2) is 57.6 Å². The highest BCUT2D eigenvalue weighted by molar-refractivity contribution is 7.94. The average molecular weight is 497 g/mol. The Kier molecular flexibility index (Phi) is 5.34. The van der Waals surface area contributed by atoms with Gasteiger partial charge in [-0.25, -0.2) is 8.42 Å². The molecule has 182 valence electrons. The molecule has 1 aromatic heterocycles. The Morgan fingerprint density at radius 3 is 2.34 bits per heavy atom. The minimum absolute atomic E-state index is 0.0164. The summed E-state index contributed by atoms with van der Waals surface area (Å²) in [6.45, 7) is 0.424. The third-order valence-corrected chi connectivity index (χ3v) is 10.2. The quantitative estimate of drug-likeness (QED) is 0.568. The average Bonchev–Trinajstić information content (AvgIpc) is 3.78. The maximum absolute atomic E-state index is 13.1. The number of nitrogens with zero attached hydrogens (tertiary/aromatic N) is 3. The number of pyridine rings is 1. The van der Waals surface area contributed by atoms with Gasteiger partial charge in [-0.1, -0.05) is 12.1 Å². The van der Waals surface area contributed by atoms with E-state index in [1.807, 2.05) is 6.07 Å². The van der Waals surface area contributed by atoms with Gasteiger partial charge in [0.25, 0.3) is 17.4 Å². The first-order chi connectivity index (χ1) is 16.6. The molecule has 10 nitrogen and oxygen atoms in total. The van der Waals surface area contributed by atoms with E-state index in [4.69, 9.17) is 5.26 Å². The molecule has 2 aromatic rings. The fourth-order valence-electron chi connectivity index (χ4n) is 4.55. The summed E-state index contributed by atoms with van der Waals surface area (Å²) in [5.41, 5.74) is 0.680. The molecule has 3 aliphatic rings. The largest absolute Gasteiger partial charge is 0.374 e. The molecule has 1 aromatic carbocycles. The highest BCUT2D eigenvalue weighted by Gasteiger charge is 2.67. The minimum Gasteiger partial charge on any atom is -0.374 e. The van der Waals surface area contributed by atoms with Crippen molar-refractivity contribution in [2.24, 2.45) is 0 Å². The second-order valence-corrected chi connectivity index (χ2v) is 12.1. The van der Waals surface area contributed by atoms with Crippen molar-refractivity contribution >= 4 is 21.7 Å². The molecule has 0 atom stereocenters. The summed E-state index contributed by atoms with van der Waals surface area (Å²) in [6.07, 6.45) is 1.23. The Bertz CT molecular complexity index is 1430. The molecule has 2 N–H and O–H groups in total. The monoisotopic (exact) mass is 496 g/mol. The molecule has 35 heavy (non-hydrogen) atoms. The van der Waals surface area contributed by atoms with E-state index in [1.54, 1.807) is 24.3 Å². The van der Waals surface area contributed by atoms with Crippen LogP contribution in [0.5, 0.6) is 0 Å². The molecule has 2 aliphatic carbocycles. The number of carbonyl (C=O) groups is 2. The lowest BCUT2D eigenvalue weighted by Crippen LogP contribution is -2.51. The first kappa shape index (κ1) is 23.3. The van der Waals surface area contributed by atoms with Gasteiger partial charge in [-0.2, -0.15) is 5.26 Å².